The molecule has 0 saturated carbocycles. The van der Waals surface area contributed by atoms with Crippen molar-refractivity contribution in [3.63, 3.8) is 0 Å². The van der Waals surface area contributed by atoms with Crippen LogP contribution in [0.15, 0.2) is 57.7 Å². The number of nitrogens with one attached hydrogen (secondary N) is 1. The number of hydrogen-bond acceptors (Lipinski definition) is 6. The van der Waals surface area contributed by atoms with Gasteiger partial charge in [-0.2, -0.15) is 0 Å². The first kappa shape index (κ1) is 29.8. The van der Waals surface area contributed by atoms with Crippen LogP contribution in [0.3, 0.4) is 0 Å². The molecule has 0 aliphatic carbocycles. The molecule has 4 heterocycles. The highest BCUT2D eigenvalue weighted by Crippen LogP contribution is 2.35. The molecule has 0 saturated heterocycles. The largest absolute Gasteiger partial charge is 0.491 e. The fourth-order valence-electron chi connectivity index (χ4n) is 3.92. The summed E-state index contributed by atoms with van der Waals surface area (Å²) in [5.74, 6) is 2.75. The van der Waals surface area contributed by atoms with Gasteiger partial charge in [0, 0.05) is 21.3 Å². The van der Waals surface area contributed by atoms with Gasteiger partial charge in [-0.05, 0) is 59.0 Å². The third-order valence-corrected chi connectivity index (χ3v) is 7.00. The lowest BCUT2D eigenvalue weighted by molar-refractivity contribution is -0.108. The maximum absolute atomic E-state index is 11.7. The molecule has 2 aliphatic rings. The zero-order chi connectivity index (χ0) is 25.2. The van der Waals surface area contributed by atoms with E-state index in [1.54, 1.807) is 6.20 Å². The molecule has 6 rings (SSSR count). The molecule has 0 fully saturated rings. The third-order valence-electron chi connectivity index (χ3n) is 5.49. The van der Waals surface area contributed by atoms with Crippen molar-refractivity contribution in [2.75, 3.05) is 13.2 Å². The quantitative estimate of drug-likeness (QED) is 0.194. The molecule has 9 nitrogen and oxygen atoms in total. The van der Waals surface area contributed by atoms with E-state index in [9.17, 15) is 9.59 Å². The molecule has 0 unspecified atom stereocenters. The van der Waals surface area contributed by atoms with Gasteiger partial charge in [0.05, 0.1) is 24.2 Å². The Morgan fingerprint density at radius 3 is 1.97 bits per heavy atom. The summed E-state index contributed by atoms with van der Waals surface area (Å²) in [5.41, 5.74) is 2.07. The minimum atomic E-state index is -0.516. The molecule has 0 spiro atoms. The van der Waals surface area contributed by atoms with E-state index in [0.717, 1.165) is 47.6 Å². The Morgan fingerprint density at radius 2 is 1.42 bits per heavy atom. The van der Waals surface area contributed by atoms with Gasteiger partial charge in [0.15, 0.2) is 0 Å². The van der Waals surface area contributed by atoms with E-state index in [1.807, 2.05) is 34.9 Å². The van der Waals surface area contributed by atoms with E-state index >= 15 is 0 Å². The molecule has 12 heteroatoms. The number of aromatic nitrogens is 4. The van der Waals surface area contributed by atoms with Gasteiger partial charge in [-0.15, -0.1) is 0 Å². The summed E-state index contributed by atoms with van der Waals surface area (Å²) in [6.07, 6.45) is 4.02. The molecular formula is C26H26Br2IN5O4. The molecule has 38 heavy (non-hydrogen) atoms. The zero-order valence-corrected chi connectivity index (χ0v) is 23.9. The smallest absolute Gasteiger partial charge is 0.277 e. The Kier molecular flexibility index (Phi) is 10.1. The normalized spacial score (nSPS) is 12.4. The molecular weight excluding hydrogens is 733 g/mol. The number of carbonyl (C=O) groups is 2. The van der Waals surface area contributed by atoms with Crippen LogP contribution in [0.4, 0.5) is 0 Å². The Morgan fingerprint density at radius 1 is 0.895 bits per heavy atom. The Hall–Kier alpha value is -2.71. The van der Waals surface area contributed by atoms with E-state index in [0.29, 0.717) is 32.0 Å². The number of nitrogens with zero attached hydrogens (tertiary/aromatic N) is 4. The number of amides is 2. The van der Waals surface area contributed by atoms with Crippen molar-refractivity contribution in [1.82, 2.24) is 24.4 Å². The van der Waals surface area contributed by atoms with Crippen molar-refractivity contribution in [3.05, 3.63) is 67.1 Å². The second-order valence-corrected chi connectivity index (χ2v) is 10.7. The lowest BCUT2D eigenvalue weighted by atomic mass is 10.2. The Balaban J connectivity index is 0.000000204. The predicted molar refractivity (Wildman–Crippen MR) is 161 cm³/mol. The number of fused-ring (bicyclic) bond motifs is 6. The van der Waals surface area contributed by atoms with E-state index in [2.05, 4.69) is 86.6 Å². The molecule has 2 aromatic carbocycles. The SMILES string of the molecule is Brc1ccc2c(c1)-c1nc(I)cn1CCO2.C.C.O=CNC(=O)c1cn2c(n1)-c1cc(Br)ccc1OCC2. The first-order valence-electron chi connectivity index (χ1n) is 10.8. The number of rotatable bonds is 2. The van der Waals surface area contributed by atoms with Crippen LogP contribution < -0.4 is 14.8 Å². The fourth-order valence-corrected chi connectivity index (χ4v) is 5.21. The number of imidazole rings is 2. The van der Waals surface area contributed by atoms with E-state index < -0.39 is 5.91 Å². The zero-order valence-electron chi connectivity index (χ0n) is 18.6. The number of imide groups is 1. The number of hydrogen-bond donors (Lipinski definition) is 1. The summed E-state index contributed by atoms with van der Waals surface area (Å²) in [7, 11) is 0. The Bertz CT molecular complexity index is 1470. The van der Waals surface area contributed by atoms with Crippen LogP contribution in [0.1, 0.15) is 25.3 Å². The first-order chi connectivity index (χ1) is 17.4. The molecule has 200 valence electrons. The van der Waals surface area contributed by atoms with Crippen LogP contribution >= 0.6 is 54.5 Å². The van der Waals surface area contributed by atoms with Gasteiger partial charge < -0.3 is 18.6 Å². The van der Waals surface area contributed by atoms with Crippen LogP contribution in [0.2, 0.25) is 0 Å². The van der Waals surface area contributed by atoms with Crippen LogP contribution in [0.5, 0.6) is 11.5 Å². The van der Waals surface area contributed by atoms with Gasteiger partial charge in [-0.3, -0.25) is 14.9 Å². The van der Waals surface area contributed by atoms with Crippen LogP contribution in [0.25, 0.3) is 22.8 Å². The van der Waals surface area contributed by atoms with E-state index in [-0.39, 0.29) is 20.5 Å². The fraction of sp³-hybridized carbons (Fsp3) is 0.231. The highest BCUT2D eigenvalue weighted by atomic mass is 127. The second-order valence-electron chi connectivity index (χ2n) is 7.79. The van der Waals surface area contributed by atoms with Gasteiger partial charge in [-0.1, -0.05) is 46.7 Å². The van der Waals surface area contributed by atoms with Crippen molar-refractivity contribution in [3.8, 4) is 34.3 Å². The topological polar surface area (TPSA) is 100 Å². The summed E-state index contributed by atoms with van der Waals surface area (Å²) in [5, 5.41) is 2.09. The first-order valence-corrected chi connectivity index (χ1v) is 13.5. The highest BCUT2D eigenvalue weighted by Gasteiger charge is 2.21. The second kappa shape index (κ2) is 12.9. The average Bonchev–Trinajstić information content (AvgIpc) is 3.35. The molecule has 0 atom stereocenters. The van der Waals surface area contributed by atoms with Crippen molar-refractivity contribution >= 4 is 66.8 Å². The lowest BCUT2D eigenvalue weighted by Crippen LogP contribution is -2.21. The summed E-state index contributed by atoms with van der Waals surface area (Å²) >= 11 is 9.13. The molecule has 2 aromatic heterocycles. The summed E-state index contributed by atoms with van der Waals surface area (Å²) in [6, 6.07) is 11.7. The van der Waals surface area contributed by atoms with Gasteiger partial charge in [0.1, 0.15) is 45.8 Å². The molecule has 0 bridgehead atoms. The molecule has 2 aliphatic heterocycles. The number of benzene rings is 2. The van der Waals surface area contributed by atoms with Gasteiger partial charge >= 0.3 is 0 Å². The molecule has 1 N–H and O–H groups in total. The summed E-state index contributed by atoms with van der Waals surface area (Å²) in [6.45, 7) is 2.61. The third kappa shape index (κ3) is 6.29. The van der Waals surface area contributed by atoms with Crippen molar-refractivity contribution in [1.29, 1.82) is 0 Å². The standard InChI is InChI=1S/C13H10BrN3O3.C11H8BrIN2O.2CH4/c14-8-1-2-11-9(5-8)12-16-10(13(19)15-7-18)6-17(12)3-4-20-11;12-7-1-2-9-8(5-7)11-14-10(13)6-15(11)3-4-16-9;;/h1-2,5-7H,3-4H2,(H,15,18,19);1-2,5-6H,3-4H2;2*1H4. The van der Waals surface area contributed by atoms with Crippen LogP contribution in [-0.4, -0.2) is 44.6 Å². The van der Waals surface area contributed by atoms with Crippen molar-refractivity contribution < 1.29 is 19.1 Å². The van der Waals surface area contributed by atoms with Crippen LogP contribution in [0, 0.1) is 3.70 Å². The van der Waals surface area contributed by atoms with Gasteiger partial charge in [0.2, 0.25) is 6.41 Å². The number of carbonyl (C=O) groups excluding carboxylic acids is 2. The summed E-state index contributed by atoms with van der Waals surface area (Å²) in [4.78, 5) is 30.9. The molecule has 0 radical (unpaired) electrons. The van der Waals surface area contributed by atoms with Crippen molar-refractivity contribution in [2.45, 2.75) is 27.9 Å². The van der Waals surface area contributed by atoms with Gasteiger partial charge in [0.25, 0.3) is 5.91 Å². The minimum Gasteiger partial charge on any atom is -0.491 e. The number of halogens is 3. The van der Waals surface area contributed by atoms with E-state index in [1.165, 1.54) is 0 Å². The molecule has 4 aromatic rings. The average molecular weight is 759 g/mol. The van der Waals surface area contributed by atoms with E-state index in [4.69, 9.17) is 9.47 Å². The maximum Gasteiger partial charge on any atom is 0.277 e. The van der Waals surface area contributed by atoms with Gasteiger partial charge in [-0.25, -0.2) is 9.97 Å². The van der Waals surface area contributed by atoms with Crippen molar-refractivity contribution in [2.24, 2.45) is 0 Å². The number of ether oxygens (including phenoxy) is 2. The minimum absolute atomic E-state index is 0. The predicted octanol–water partition coefficient (Wildman–Crippen LogP) is 6.17. The maximum atomic E-state index is 11.7. The lowest BCUT2D eigenvalue weighted by Gasteiger charge is -2.06. The monoisotopic (exact) mass is 757 g/mol. The molecule has 2 amide bonds. The van der Waals surface area contributed by atoms with Crippen LogP contribution in [-0.2, 0) is 17.9 Å². The Labute approximate surface area is 251 Å². The summed E-state index contributed by atoms with van der Waals surface area (Å²) < 4.78 is 18.3. The highest BCUT2D eigenvalue weighted by molar-refractivity contribution is 14.1.